The van der Waals surface area contributed by atoms with Gasteiger partial charge in [0.25, 0.3) is 0 Å². The monoisotopic (exact) mass is 426 g/mol. The molecule has 0 atom stereocenters. The Kier molecular flexibility index (Phi) is 9.28. The molecule has 0 aromatic heterocycles. The molecule has 27 heavy (non-hydrogen) atoms. The molecule has 0 amide bonds. The first kappa shape index (κ1) is 24.4. The molecular weight excluding hydrogens is 398 g/mol. The molecule has 0 radical (unpaired) electrons. The first-order valence-corrected chi connectivity index (χ1v) is 12.0. The molecule has 0 spiro atoms. The number of rotatable bonds is 12. The molecule has 156 valence electrons. The van der Waals surface area contributed by atoms with Gasteiger partial charge in [0.1, 0.15) is 0 Å². The maximum Gasteiger partial charge on any atom is 0.325 e. The van der Waals surface area contributed by atoms with E-state index in [0.717, 1.165) is 5.56 Å². The van der Waals surface area contributed by atoms with E-state index in [4.69, 9.17) is 19.6 Å². The maximum atomic E-state index is 11.1. The number of aliphatic hydroxyl groups is 3. The van der Waals surface area contributed by atoms with Crippen LogP contribution >= 0.6 is 15.2 Å². The molecule has 0 bridgehead atoms. The average Bonchev–Trinajstić information content (AvgIpc) is 2.59. The number of benzene rings is 1. The molecule has 0 heterocycles. The number of aryl methyl sites for hydroxylation is 3. The molecule has 0 aliphatic rings. The molecule has 1 rings (SSSR count). The van der Waals surface area contributed by atoms with Crippen molar-refractivity contribution in [3.63, 3.8) is 0 Å². The summed E-state index contributed by atoms with van der Waals surface area (Å²) in [6, 6.07) is 5.12. The maximum absolute atomic E-state index is 11.1. The Morgan fingerprint density at radius 3 is 1.30 bits per heavy atom. The first-order valence-electron chi connectivity index (χ1n) is 8.45. The molecule has 0 saturated carbocycles. The Balaban J connectivity index is 3.02. The molecule has 7 N–H and O–H groups in total. The van der Waals surface area contributed by atoms with Crippen LogP contribution in [0, 0.1) is 5.41 Å². The SMILES string of the molecule is O=P(O)(O)CCc1cc(CCC(CO)(CO)CO)cc(CCP(=O)(O)O)c1. The van der Waals surface area contributed by atoms with Crippen LogP contribution in [0.5, 0.6) is 0 Å². The molecule has 0 fully saturated rings. The summed E-state index contributed by atoms with van der Waals surface area (Å²) in [5.41, 5.74) is 0.936. The Bertz CT molecular complexity index is 639. The highest BCUT2D eigenvalue weighted by atomic mass is 31.2. The highest BCUT2D eigenvalue weighted by Crippen LogP contribution is 2.36. The van der Waals surface area contributed by atoms with Crippen molar-refractivity contribution in [2.45, 2.75) is 25.7 Å². The smallest absolute Gasteiger partial charge is 0.325 e. The molecule has 11 heteroatoms. The van der Waals surface area contributed by atoms with Gasteiger partial charge in [0.05, 0.1) is 32.1 Å². The lowest BCUT2D eigenvalue weighted by Crippen LogP contribution is -2.34. The van der Waals surface area contributed by atoms with Crippen molar-refractivity contribution in [2.75, 3.05) is 32.1 Å². The summed E-state index contributed by atoms with van der Waals surface area (Å²) >= 11 is 0. The summed E-state index contributed by atoms with van der Waals surface area (Å²) in [5, 5.41) is 28.3. The largest absolute Gasteiger partial charge is 0.396 e. The standard InChI is InChI=1S/C16H28O9P2/c17-10-16(11-18,12-19)4-1-13-7-14(2-5-26(20,21)22)9-15(8-13)3-6-27(23,24)25/h7-9,17-19H,1-6,10-12H2,(H2,20,21,22)(H2,23,24,25). The van der Waals surface area contributed by atoms with Crippen LogP contribution in [-0.2, 0) is 28.4 Å². The minimum absolute atomic E-state index is 0.103. The second kappa shape index (κ2) is 10.3. The Morgan fingerprint density at radius 2 is 1.00 bits per heavy atom. The van der Waals surface area contributed by atoms with E-state index < -0.39 is 40.4 Å². The van der Waals surface area contributed by atoms with Crippen molar-refractivity contribution in [3.8, 4) is 0 Å². The molecule has 0 aliphatic heterocycles. The molecule has 0 saturated heterocycles. The predicted molar refractivity (Wildman–Crippen MR) is 99.7 cm³/mol. The lowest BCUT2D eigenvalue weighted by Gasteiger charge is -2.27. The molecular formula is C16H28O9P2. The van der Waals surface area contributed by atoms with E-state index >= 15 is 0 Å². The third kappa shape index (κ3) is 9.43. The van der Waals surface area contributed by atoms with Crippen molar-refractivity contribution in [1.29, 1.82) is 0 Å². The Hall–Kier alpha value is -0.600. The van der Waals surface area contributed by atoms with Crippen LogP contribution in [0.1, 0.15) is 23.1 Å². The summed E-state index contributed by atoms with van der Waals surface area (Å²) in [6.45, 7) is -1.20. The van der Waals surface area contributed by atoms with Crippen LogP contribution in [-0.4, -0.2) is 67.0 Å². The van der Waals surface area contributed by atoms with Gasteiger partial charge in [-0.15, -0.1) is 0 Å². The van der Waals surface area contributed by atoms with E-state index in [0.29, 0.717) is 17.5 Å². The van der Waals surface area contributed by atoms with Crippen LogP contribution in [0.25, 0.3) is 0 Å². The molecule has 1 aromatic carbocycles. The molecule has 1 aromatic rings. The summed E-state index contributed by atoms with van der Waals surface area (Å²) in [4.78, 5) is 36.2. The van der Waals surface area contributed by atoms with E-state index in [-0.39, 0.29) is 31.6 Å². The van der Waals surface area contributed by atoms with Crippen molar-refractivity contribution in [2.24, 2.45) is 5.41 Å². The quantitative estimate of drug-likeness (QED) is 0.227. The predicted octanol–water partition coefficient (Wildman–Crippen LogP) is 0.0229. The van der Waals surface area contributed by atoms with Gasteiger partial charge < -0.3 is 34.9 Å². The van der Waals surface area contributed by atoms with Gasteiger partial charge in [0.2, 0.25) is 0 Å². The second-order valence-electron chi connectivity index (χ2n) is 6.91. The van der Waals surface area contributed by atoms with Gasteiger partial charge in [-0.2, -0.15) is 0 Å². The molecule has 9 nitrogen and oxygen atoms in total. The van der Waals surface area contributed by atoms with Gasteiger partial charge in [-0.3, -0.25) is 9.13 Å². The summed E-state index contributed by atoms with van der Waals surface area (Å²) in [5.74, 6) is 0. The van der Waals surface area contributed by atoms with Crippen LogP contribution in [0.3, 0.4) is 0 Å². The zero-order valence-corrected chi connectivity index (χ0v) is 16.7. The second-order valence-corrected chi connectivity index (χ2v) is 10.5. The fourth-order valence-electron chi connectivity index (χ4n) is 2.62. The lowest BCUT2D eigenvalue weighted by molar-refractivity contribution is -0.000273. The van der Waals surface area contributed by atoms with E-state index in [2.05, 4.69) is 0 Å². The van der Waals surface area contributed by atoms with Gasteiger partial charge >= 0.3 is 15.2 Å². The zero-order chi connectivity index (χ0) is 20.7. The fraction of sp³-hybridized carbons (Fsp3) is 0.625. The van der Waals surface area contributed by atoms with E-state index in [1.807, 2.05) is 0 Å². The number of aliphatic hydroxyl groups excluding tert-OH is 3. The van der Waals surface area contributed by atoms with Gasteiger partial charge in [-0.05, 0) is 42.4 Å². The van der Waals surface area contributed by atoms with Crippen LogP contribution < -0.4 is 0 Å². The minimum Gasteiger partial charge on any atom is -0.396 e. The van der Waals surface area contributed by atoms with Gasteiger partial charge in [-0.25, -0.2) is 0 Å². The fourth-order valence-corrected chi connectivity index (χ4v) is 3.72. The summed E-state index contributed by atoms with van der Waals surface area (Å²) < 4.78 is 22.2. The Labute approximate surface area is 158 Å². The zero-order valence-electron chi connectivity index (χ0n) is 14.9. The van der Waals surface area contributed by atoms with Gasteiger partial charge in [0.15, 0.2) is 0 Å². The topological polar surface area (TPSA) is 176 Å². The number of hydrogen-bond acceptors (Lipinski definition) is 5. The average molecular weight is 426 g/mol. The summed E-state index contributed by atoms with van der Waals surface area (Å²) in [7, 11) is -8.37. The van der Waals surface area contributed by atoms with Crippen LogP contribution in [0.4, 0.5) is 0 Å². The number of hydrogen-bond donors (Lipinski definition) is 7. The van der Waals surface area contributed by atoms with E-state index in [1.165, 1.54) is 0 Å². The van der Waals surface area contributed by atoms with Crippen LogP contribution in [0.2, 0.25) is 0 Å². The molecule has 0 unspecified atom stereocenters. The van der Waals surface area contributed by atoms with Crippen molar-refractivity contribution < 1.29 is 44.0 Å². The van der Waals surface area contributed by atoms with E-state index in [1.54, 1.807) is 18.2 Å². The third-order valence-corrected chi connectivity index (χ3v) is 6.06. The van der Waals surface area contributed by atoms with Crippen molar-refractivity contribution in [1.82, 2.24) is 0 Å². The van der Waals surface area contributed by atoms with Gasteiger partial charge in [-0.1, -0.05) is 18.2 Å². The lowest BCUT2D eigenvalue weighted by atomic mass is 9.84. The highest BCUT2D eigenvalue weighted by Gasteiger charge is 2.27. The normalized spacial score (nSPS) is 13.1. The van der Waals surface area contributed by atoms with Crippen molar-refractivity contribution >= 4 is 15.2 Å². The highest BCUT2D eigenvalue weighted by molar-refractivity contribution is 7.52. The Morgan fingerprint density at radius 1 is 0.667 bits per heavy atom. The molecule has 0 aliphatic carbocycles. The first-order chi connectivity index (χ1) is 12.4. The summed E-state index contributed by atoms with van der Waals surface area (Å²) in [6.07, 6.45) is 0.160. The van der Waals surface area contributed by atoms with Crippen molar-refractivity contribution in [3.05, 3.63) is 34.9 Å². The van der Waals surface area contributed by atoms with E-state index in [9.17, 15) is 24.4 Å². The minimum atomic E-state index is -4.18. The van der Waals surface area contributed by atoms with Gasteiger partial charge in [0, 0.05) is 5.41 Å². The van der Waals surface area contributed by atoms with Crippen LogP contribution in [0.15, 0.2) is 18.2 Å². The third-order valence-electron chi connectivity index (χ3n) is 4.45.